The molecular formula is C19H23BrN4. The molecule has 1 aliphatic heterocycles. The molecule has 1 aromatic carbocycles. The van der Waals surface area contributed by atoms with E-state index in [0.29, 0.717) is 0 Å². The molecule has 0 saturated carbocycles. The number of fused-ring (bicyclic) bond motifs is 1. The van der Waals surface area contributed by atoms with Gasteiger partial charge in [0.1, 0.15) is 0 Å². The molecule has 5 heteroatoms. The summed E-state index contributed by atoms with van der Waals surface area (Å²) in [4.78, 5) is 6.02. The van der Waals surface area contributed by atoms with Crippen molar-refractivity contribution in [1.82, 2.24) is 14.8 Å². The first-order valence-electron chi connectivity index (χ1n) is 8.73. The standard InChI is InChI=1S/C19H23BrN4/c1-23-13-14(11-22-23)5-6-15-12-21-17-8-7-16(20)19(18(15)17)24-9-3-2-4-10-24/h7-8,11-13,21H,2-6,9-10H2,1H3. The van der Waals surface area contributed by atoms with Crippen LogP contribution in [0.5, 0.6) is 0 Å². The normalized spacial score (nSPS) is 15.3. The van der Waals surface area contributed by atoms with Crippen molar-refractivity contribution in [1.29, 1.82) is 0 Å². The summed E-state index contributed by atoms with van der Waals surface area (Å²) in [6, 6.07) is 4.36. The van der Waals surface area contributed by atoms with E-state index < -0.39 is 0 Å². The Kier molecular flexibility index (Phi) is 4.35. The van der Waals surface area contributed by atoms with E-state index >= 15 is 0 Å². The molecule has 1 aliphatic rings. The van der Waals surface area contributed by atoms with Crippen molar-refractivity contribution in [2.75, 3.05) is 18.0 Å². The molecule has 2 aromatic heterocycles. The molecule has 126 valence electrons. The number of hydrogen-bond donors (Lipinski definition) is 1. The number of nitrogens with zero attached hydrogens (tertiary/aromatic N) is 3. The first-order valence-corrected chi connectivity index (χ1v) is 9.52. The number of aryl methyl sites for hydroxylation is 3. The lowest BCUT2D eigenvalue weighted by molar-refractivity contribution is 0.578. The molecule has 1 fully saturated rings. The van der Waals surface area contributed by atoms with Crippen LogP contribution in [-0.2, 0) is 19.9 Å². The van der Waals surface area contributed by atoms with Crippen molar-refractivity contribution < 1.29 is 0 Å². The quantitative estimate of drug-likeness (QED) is 0.719. The highest BCUT2D eigenvalue weighted by atomic mass is 79.9. The van der Waals surface area contributed by atoms with E-state index in [-0.39, 0.29) is 0 Å². The van der Waals surface area contributed by atoms with E-state index in [4.69, 9.17) is 0 Å². The summed E-state index contributed by atoms with van der Waals surface area (Å²) in [5.74, 6) is 0. The van der Waals surface area contributed by atoms with Gasteiger partial charge >= 0.3 is 0 Å². The van der Waals surface area contributed by atoms with Crippen LogP contribution in [0.1, 0.15) is 30.4 Å². The van der Waals surface area contributed by atoms with Crippen molar-refractivity contribution in [2.24, 2.45) is 7.05 Å². The number of H-pyrrole nitrogens is 1. The van der Waals surface area contributed by atoms with Crippen molar-refractivity contribution in [2.45, 2.75) is 32.1 Å². The molecule has 0 spiro atoms. The van der Waals surface area contributed by atoms with Gasteiger partial charge in [0.2, 0.25) is 0 Å². The molecule has 0 bridgehead atoms. The van der Waals surface area contributed by atoms with Crippen LogP contribution in [0.4, 0.5) is 5.69 Å². The van der Waals surface area contributed by atoms with E-state index in [2.05, 4.69) is 55.4 Å². The Morgan fingerprint density at radius 3 is 2.75 bits per heavy atom. The van der Waals surface area contributed by atoms with Crippen LogP contribution in [0.2, 0.25) is 0 Å². The van der Waals surface area contributed by atoms with Gasteiger partial charge in [-0.15, -0.1) is 0 Å². The lowest BCUT2D eigenvalue weighted by atomic mass is 10.0. The number of aromatic amines is 1. The minimum absolute atomic E-state index is 1.02. The Balaban J connectivity index is 1.69. The van der Waals surface area contributed by atoms with Crippen LogP contribution in [-0.4, -0.2) is 27.9 Å². The highest BCUT2D eigenvalue weighted by Gasteiger charge is 2.19. The van der Waals surface area contributed by atoms with Gasteiger partial charge < -0.3 is 9.88 Å². The van der Waals surface area contributed by atoms with Gasteiger partial charge in [-0.2, -0.15) is 5.10 Å². The van der Waals surface area contributed by atoms with Gasteiger partial charge in [0, 0.05) is 47.9 Å². The fourth-order valence-electron chi connectivity index (χ4n) is 3.75. The molecule has 0 radical (unpaired) electrons. The third-order valence-electron chi connectivity index (χ3n) is 4.97. The smallest absolute Gasteiger partial charge is 0.0608 e. The maximum atomic E-state index is 4.28. The number of piperidine rings is 1. The number of halogens is 1. The zero-order chi connectivity index (χ0) is 16.5. The summed E-state index contributed by atoms with van der Waals surface area (Å²) in [6.45, 7) is 2.32. The fourth-order valence-corrected chi connectivity index (χ4v) is 4.33. The fraction of sp³-hybridized carbons (Fsp3) is 0.421. The summed E-state index contributed by atoms with van der Waals surface area (Å²) in [5.41, 5.74) is 5.30. The Morgan fingerprint density at radius 1 is 1.17 bits per heavy atom. The molecule has 3 aromatic rings. The van der Waals surface area contributed by atoms with Gasteiger partial charge in [-0.3, -0.25) is 4.68 Å². The van der Waals surface area contributed by atoms with Crippen molar-refractivity contribution in [3.63, 3.8) is 0 Å². The summed E-state index contributed by atoms with van der Waals surface area (Å²) >= 11 is 3.80. The van der Waals surface area contributed by atoms with Crippen molar-refractivity contribution >= 4 is 32.5 Å². The molecule has 0 atom stereocenters. The Labute approximate surface area is 151 Å². The SMILES string of the molecule is Cn1cc(CCc2c[nH]c3ccc(Br)c(N4CCCCC4)c23)cn1. The second kappa shape index (κ2) is 6.63. The summed E-state index contributed by atoms with van der Waals surface area (Å²) in [5, 5.41) is 5.66. The number of anilines is 1. The minimum Gasteiger partial charge on any atom is -0.370 e. The summed E-state index contributed by atoms with van der Waals surface area (Å²) in [7, 11) is 1.97. The molecule has 3 heterocycles. The number of benzene rings is 1. The van der Waals surface area contributed by atoms with Gasteiger partial charge in [0.25, 0.3) is 0 Å². The molecular weight excluding hydrogens is 364 g/mol. The Hall–Kier alpha value is -1.75. The third kappa shape index (κ3) is 2.97. The highest BCUT2D eigenvalue weighted by Crippen LogP contribution is 2.38. The zero-order valence-electron chi connectivity index (χ0n) is 14.1. The van der Waals surface area contributed by atoms with E-state index in [1.807, 2.05) is 17.9 Å². The van der Waals surface area contributed by atoms with Gasteiger partial charge in [-0.1, -0.05) is 0 Å². The average Bonchev–Trinajstić information content (AvgIpc) is 3.20. The molecule has 1 saturated heterocycles. The van der Waals surface area contributed by atoms with Crippen LogP contribution in [0.25, 0.3) is 10.9 Å². The van der Waals surface area contributed by atoms with E-state index in [0.717, 1.165) is 25.9 Å². The second-order valence-corrected chi connectivity index (χ2v) is 7.56. The van der Waals surface area contributed by atoms with Crippen LogP contribution in [0.3, 0.4) is 0 Å². The summed E-state index contributed by atoms with van der Waals surface area (Å²) < 4.78 is 3.08. The summed E-state index contributed by atoms with van der Waals surface area (Å²) in [6.07, 6.45) is 12.2. The predicted molar refractivity (Wildman–Crippen MR) is 103 cm³/mol. The first-order chi connectivity index (χ1) is 11.7. The molecule has 0 amide bonds. The van der Waals surface area contributed by atoms with Crippen LogP contribution in [0, 0.1) is 0 Å². The molecule has 0 aliphatic carbocycles. The van der Waals surface area contributed by atoms with Gasteiger partial charge in [0.15, 0.2) is 0 Å². The van der Waals surface area contributed by atoms with Crippen LogP contribution < -0.4 is 4.90 Å². The Bertz CT molecular complexity index is 842. The maximum Gasteiger partial charge on any atom is 0.0608 e. The van der Waals surface area contributed by atoms with Gasteiger partial charge in [-0.05, 0) is 71.3 Å². The Morgan fingerprint density at radius 2 is 2.00 bits per heavy atom. The van der Waals surface area contributed by atoms with Crippen LogP contribution in [0.15, 0.2) is 35.2 Å². The highest BCUT2D eigenvalue weighted by molar-refractivity contribution is 9.10. The molecule has 4 nitrogen and oxygen atoms in total. The first kappa shape index (κ1) is 15.8. The van der Waals surface area contributed by atoms with Crippen molar-refractivity contribution in [3.8, 4) is 0 Å². The minimum atomic E-state index is 1.02. The van der Waals surface area contributed by atoms with E-state index in [1.165, 1.54) is 51.5 Å². The van der Waals surface area contributed by atoms with E-state index in [1.54, 1.807) is 0 Å². The zero-order valence-corrected chi connectivity index (χ0v) is 15.6. The number of rotatable bonds is 4. The largest absolute Gasteiger partial charge is 0.370 e. The lowest BCUT2D eigenvalue weighted by Gasteiger charge is -2.30. The van der Waals surface area contributed by atoms with Crippen LogP contribution >= 0.6 is 15.9 Å². The maximum absolute atomic E-state index is 4.28. The second-order valence-electron chi connectivity index (χ2n) is 6.70. The number of hydrogen-bond acceptors (Lipinski definition) is 2. The van der Waals surface area contributed by atoms with Crippen molar-refractivity contribution in [3.05, 3.63) is 46.3 Å². The molecule has 4 rings (SSSR count). The predicted octanol–water partition coefficient (Wildman–Crippen LogP) is 4.44. The number of aromatic nitrogens is 3. The van der Waals surface area contributed by atoms with Gasteiger partial charge in [-0.25, -0.2) is 0 Å². The molecule has 1 N–H and O–H groups in total. The number of nitrogens with one attached hydrogen (secondary N) is 1. The lowest BCUT2D eigenvalue weighted by Crippen LogP contribution is -2.29. The topological polar surface area (TPSA) is 36.9 Å². The van der Waals surface area contributed by atoms with E-state index in [9.17, 15) is 0 Å². The monoisotopic (exact) mass is 386 g/mol. The van der Waals surface area contributed by atoms with Gasteiger partial charge in [0.05, 0.1) is 11.9 Å². The molecule has 0 unspecified atom stereocenters. The molecule has 24 heavy (non-hydrogen) atoms. The third-order valence-corrected chi connectivity index (χ3v) is 5.61. The average molecular weight is 387 g/mol.